The molecule has 2 aliphatic rings. The summed E-state index contributed by atoms with van der Waals surface area (Å²) in [5, 5.41) is 19.8. The van der Waals surface area contributed by atoms with Crippen LogP contribution >= 0.6 is 0 Å². The molecule has 186 valence electrons. The summed E-state index contributed by atoms with van der Waals surface area (Å²) in [6, 6.07) is 21.6. The van der Waals surface area contributed by atoms with Crippen LogP contribution < -0.4 is 9.47 Å². The summed E-state index contributed by atoms with van der Waals surface area (Å²) < 4.78 is 10.3. The van der Waals surface area contributed by atoms with Crippen molar-refractivity contribution in [1.82, 2.24) is 0 Å². The van der Waals surface area contributed by atoms with Gasteiger partial charge in [-0.25, -0.2) is 9.59 Å². The highest BCUT2D eigenvalue weighted by Crippen LogP contribution is 2.60. The van der Waals surface area contributed by atoms with Gasteiger partial charge in [-0.15, -0.1) is 0 Å². The van der Waals surface area contributed by atoms with Crippen LogP contribution in [0.5, 0.6) is 11.5 Å². The largest absolute Gasteiger partial charge is 0.478 e. The molecule has 2 N–H and O–H groups in total. The number of fused-ring (bicyclic) bond motifs is 9. The molecule has 4 aromatic rings. The van der Waals surface area contributed by atoms with Gasteiger partial charge in [-0.3, -0.25) is 9.59 Å². The first kappa shape index (κ1) is 23.2. The average molecular weight is 506 g/mol. The minimum Gasteiger partial charge on any atom is -0.478 e. The van der Waals surface area contributed by atoms with E-state index in [2.05, 4.69) is 0 Å². The van der Waals surface area contributed by atoms with Crippen LogP contribution in [-0.2, 0) is 21.4 Å². The van der Waals surface area contributed by atoms with Gasteiger partial charge in [0.1, 0.15) is 0 Å². The second-order valence-corrected chi connectivity index (χ2v) is 9.07. The molecule has 0 atom stereocenters. The molecule has 8 nitrogen and oxygen atoms in total. The van der Waals surface area contributed by atoms with E-state index in [4.69, 9.17) is 9.47 Å². The molecule has 0 heterocycles. The van der Waals surface area contributed by atoms with E-state index >= 15 is 0 Å². The van der Waals surface area contributed by atoms with Gasteiger partial charge in [0.15, 0.2) is 11.5 Å². The second kappa shape index (κ2) is 8.41. The molecule has 2 aliphatic carbocycles. The van der Waals surface area contributed by atoms with Gasteiger partial charge in [-0.05, 0) is 75.2 Å². The molecule has 0 fully saturated rings. The monoisotopic (exact) mass is 506 g/mol. The van der Waals surface area contributed by atoms with Crippen molar-refractivity contribution in [2.75, 3.05) is 0 Å². The molecule has 38 heavy (non-hydrogen) atoms. The third-order valence-electron chi connectivity index (χ3n) is 7.37. The van der Waals surface area contributed by atoms with Gasteiger partial charge in [0.05, 0.1) is 16.5 Å². The third-order valence-corrected chi connectivity index (χ3v) is 7.37. The molecule has 6 rings (SSSR count). The molecular formula is C30H18O8. The van der Waals surface area contributed by atoms with E-state index in [-0.39, 0.29) is 42.0 Å². The van der Waals surface area contributed by atoms with Crippen molar-refractivity contribution in [3.8, 4) is 22.6 Å². The summed E-state index contributed by atoms with van der Waals surface area (Å²) in [5.41, 5.74) is 4.55. The molecule has 0 amide bonds. The maximum Gasteiger partial charge on any atom is 0.336 e. The van der Waals surface area contributed by atoms with E-state index in [1.807, 2.05) is 48.5 Å². The number of aromatic carboxylic acids is 2. The highest BCUT2D eigenvalue weighted by atomic mass is 16.6. The van der Waals surface area contributed by atoms with Crippen molar-refractivity contribution in [1.29, 1.82) is 0 Å². The lowest BCUT2D eigenvalue weighted by Gasteiger charge is -2.40. The maximum atomic E-state index is 12.2. The minimum absolute atomic E-state index is 0.0242. The summed E-state index contributed by atoms with van der Waals surface area (Å²) in [5.74, 6) is -2.65. The summed E-state index contributed by atoms with van der Waals surface area (Å²) in [6.45, 7) is 0.467. The summed E-state index contributed by atoms with van der Waals surface area (Å²) >= 11 is 0. The van der Waals surface area contributed by atoms with Crippen LogP contribution in [0, 0.1) is 0 Å². The fourth-order valence-corrected chi connectivity index (χ4v) is 6.04. The highest BCUT2D eigenvalue weighted by molar-refractivity contribution is 6.03. The number of hydrogen-bond acceptors (Lipinski definition) is 6. The Morgan fingerprint density at radius 2 is 1.13 bits per heavy atom. The van der Waals surface area contributed by atoms with Crippen molar-refractivity contribution < 1.29 is 38.9 Å². The highest BCUT2D eigenvalue weighted by Gasteiger charge is 2.50. The van der Waals surface area contributed by atoms with Gasteiger partial charge in [-0.2, -0.15) is 0 Å². The summed E-state index contributed by atoms with van der Waals surface area (Å²) in [7, 11) is 0. The van der Waals surface area contributed by atoms with Gasteiger partial charge in [0.2, 0.25) is 0 Å². The first-order valence-corrected chi connectivity index (χ1v) is 11.6. The van der Waals surface area contributed by atoms with Gasteiger partial charge in [0, 0.05) is 0 Å². The predicted octanol–water partition coefficient (Wildman–Crippen LogP) is 4.42. The van der Waals surface area contributed by atoms with Crippen molar-refractivity contribution in [3.05, 3.63) is 117 Å². The first-order valence-electron chi connectivity index (χ1n) is 11.6. The molecule has 4 aromatic carbocycles. The summed E-state index contributed by atoms with van der Waals surface area (Å²) in [6.07, 6.45) is 0.230. The van der Waals surface area contributed by atoms with Crippen LogP contribution in [0.4, 0.5) is 0 Å². The third kappa shape index (κ3) is 3.03. The zero-order chi connectivity index (χ0) is 26.6. The number of carbonyl (C=O) groups is 4. The lowest BCUT2D eigenvalue weighted by atomic mass is 9.61. The number of carboxylic acid groups (broad SMARTS) is 2. The van der Waals surface area contributed by atoms with E-state index in [1.54, 1.807) is 12.1 Å². The van der Waals surface area contributed by atoms with Crippen LogP contribution in [0.15, 0.2) is 72.8 Å². The lowest BCUT2D eigenvalue weighted by Crippen LogP contribution is -2.35. The Morgan fingerprint density at radius 1 is 0.658 bits per heavy atom. The van der Waals surface area contributed by atoms with Crippen molar-refractivity contribution in [2.45, 2.75) is 11.8 Å². The van der Waals surface area contributed by atoms with Crippen molar-refractivity contribution >= 4 is 24.9 Å². The van der Waals surface area contributed by atoms with E-state index in [1.165, 1.54) is 12.1 Å². The average Bonchev–Trinajstić information content (AvgIpc) is 3.20. The van der Waals surface area contributed by atoms with Gasteiger partial charge in [0.25, 0.3) is 12.9 Å². The lowest BCUT2D eigenvalue weighted by molar-refractivity contribution is -0.123. The molecule has 0 saturated heterocycles. The maximum absolute atomic E-state index is 12.2. The number of carboxylic acids is 2. The Morgan fingerprint density at radius 3 is 1.68 bits per heavy atom. The summed E-state index contributed by atoms with van der Waals surface area (Å²) in [4.78, 5) is 46.8. The number of rotatable bonds is 6. The Kier molecular flexibility index (Phi) is 5.13. The fourth-order valence-electron chi connectivity index (χ4n) is 6.04. The van der Waals surface area contributed by atoms with Gasteiger partial charge in [-0.1, -0.05) is 48.5 Å². The van der Waals surface area contributed by atoms with Crippen LogP contribution in [0.2, 0.25) is 0 Å². The Hall–Kier alpha value is -5.24. The molecule has 0 radical (unpaired) electrons. The number of hydrogen-bond donors (Lipinski definition) is 2. The molecule has 0 aromatic heterocycles. The number of benzene rings is 4. The smallest absolute Gasteiger partial charge is 0.336 e. The normalized spacial score (nSPS) is 13.5. The zero-order valence-corrected chi connectivity index (χ0v) is 19.6. The molecule has 0 unspecified atom stereocenters. The Balaban J connectivity index is 1.81. The van der Waals surface area contributed by atoms with E-state index in [0.29, 0.717) is 22.3 Å². The Labute approximate surface area is 215 Å². The standard InChI is InChI=1S/C30H18O8/c31-14-37-26-11-17-9-16-10-20(28(33)34)21(29(35)36)12-24(16)30(25(17)13-27(26)38-15-32)22-7-3-1-5-18(22)19-6-2-4-8-23(19)30/h1-8,10-15H,9H2,(H,33,34)(H,35,36). The molecule has 0 bridgehead atoms. The minimum atomic E-state index is -1.36. The van der Waals surface area contributed by atoms with Crippen LogP contribution in [0.1, 0.15) is 54.1 Å². The SMILES string of the molecule is O=COc1cc2c(cc1OC=O)C1(c3cc(C(=O)O)c(C(=O)O)cc3C2)c2ccccc2-c2ccccc21. The Bertz CT molecular complexity index is 1660. The predicted molar refractivity (Wildman–Crippen MR) is 134 cm³/mol. The number of ether oxygens (including phenoxy) is 2. The van der Waals surface area contributed by atoms with Gasteiger partial charge >= 0.3 is 11.9 Å². The van der Waals surface area contributed by atoms with Crippen LogP contribution in [0.25, 0.3) is 11.1 Å². The van der Waals surface area contributed by atoms with E-state index < -0.39 is 17.4 Å². The van der Waals surface area contributed by atoms with Gasteiger partial charge < -0.3 is 19.7 Å². The first-order chi connectivity index (χ1) is 18.4. The van der Waals surface area contributed by atoms with E-state index in [9.17, 15) is 29.4 Å². The second-order valence-electron chi connectivity index (χ2n) is 9.07. The van der Waals surface area contributed by atoms with Crippen LogP contribution in [0.3, 0.4) is 0 Å². The molecule has 8 heteroatoms. The van der Waals surface area contributed by atoms with Crippen molar-refractivity contribution in [3.63, 3.8) is 0 Å². The van der Waals surface area contributed by atoms with E-state index in [0.717, 1.165) is 22.3 Å². The topological polar surface area (TPSA) is 127 Å². The zero-order valence-electron chi connectivity index (χ0n) is 19.6. The fraction of sp³-hybridized carbons (Fsp3) is 0.0667. The quantitative estimate of drug-likeness (QED) is 0.318. The molecule has 0 saturated carbocycles. The van der Waals surface area contributed by atoms with Crippen molar-refractivity contribution in [2.24, 2.45) is 0 Å². The molecule has 0 aliphatic heterocycles. The van der Waals surface area contributed by atoms with Crippen LogP contribution in [-0.4, -0.2) is 35.1 Å². The molecule has 1 spiro atoms. The number of carbonyl (C=O) groups excluding carboxylic acids is 2. The molecular weight excluding hydrogens is 488 g/mol.